The maximum absolute atomic E-state index is 11.7. The Morgan fingerprint density at radius 2 is 2.31 bits per heavy atom. The largest absolute Gasteiger partial charge is 0.368 e. The van der Waals surface area contributed by atoms with E-state index in [9.17, 15) is 4.79 Å². The molecule has 2 fully saturated rings. The smallest absolute Gasteiger partial charge is 0.251 e. The monoisotopic (exact) mass is 184 g/mol. The molecule has 2 aliphatic rings. The van der Waals surface area contributed by atoms with Crippen LogP contribution in [0.1, 0.15) is 19.3 Å². The highest BCUT2D eigenvalue weighted by Gasteiger charge is 2.31. The van der Waals surface area contributed by atoms with Crippen LogP contribution >= 0.6 is 0 Å². The summed E-state index contributed by atoms with van der Waals surface area (Å²) in [5, 5.41) is 0. The first-order valence-corrected chi connectivity index (χ1v) is 4.93. The summed E-state index contributed by atoms with van der Waals surface area (Å²) < 4.78 is 5.33. The molecule has 0 aliphatic carbocycles. The van der Waals surface area contributed by atoms with Gasteiger partial charge in [0.2, 0.25) is 0 Å². The van der Waals surface area contributed by atoms with E-state index < -0.39 is 0 Å². The summed E-state index contributed by atoms with van der Waals surface area (Å²) >= 11 is 0. The third-order valence-corrected chi connectivity index (χ3v) is 2.74. The average Bonchev–Trinajstić information content (AvgIpc) is 2.72. The lowest BCUT2D eigenvalue weighted by Gasteiger charge is -2.19. The number of hydrogen-bond acceptors (Lipinski definition) is 3. The van der Waals surface area contributed by atoms with E-state index in [0.717, 1.165) is 32.4 Å². The van der Waals surface area contributed by atoms with Crippen molar-refractivity contribution in [2.45, 2.75) is 31.4 Å². The highest BCUT2D eigenvalue weighted by molar-refractivity contribution is 5.81. The molecule has 0 bridgehead atoms. The van der Waals surface area contributed by atoms with Gasteiger partial charge in [0.1, 0.15) is 6.10 Å². The second-order valence-electron chi connectivity index (χ2n) is 3.83. The third-order valence-electron chi connectivity index (χ3n) is 2.74. The van der Waals surface area contributed by atoms with Gasteiger partial charge in [-0.05, 0) is 19.3 Å². The van der Waals surface area contributed by atoms with E-state index in [1.54, 1.807) is 0 Å². The maximum atomic E-state index is 11.7. The van der Waals surface area contributed by atoms with Gasteiger partial charge in [-0.15, -0.1) is 0 Å². The molecule has 0 unspecified atom stereocenters. The molecule has 2 aliphatic heterocycles. The molecule has 74 valence electrons. The first kappa shape index (κ1) is 8.97. The van der Waals surface area contributed by atoms with E-state index in [2.05, 4.69) is 0 Å². The first-order valence-electron chi connectivity index (χ1n) is 4.93. The molecular weight excluding hydrogens is 168 g/mol. The van der Waals surface area contributed by atoms with Crippen LogP contribution in [0.15, 0.2) is 0 Å². The van der Waals surface area contributed by atoms with Gasteiger partial charge in [0.15, 0.2) is 0 Å². The molecule has 4 heteroatoms. The fraction of sp³-hybridized carbons (Fsp3) is 0.889. The molecule has 2 rings (SSSR count). The Morgan fingerprint density at radius 1 is 1.46 bits per heavy atom. The van der Waals surface area contributed by atoms with Crippen LogP contribution in [-0.4, -0.2) is 42.6 Å². The topological polar surface area (TPSA) is 55.6 Å². The lowest BCUT2D eigenvalue weighted by Crippen LogP contribution is -2.38. The van der Waals surface area contributed by atoms with E-state index in [-0.39, 0.29) is 18.1 Å². The van der Waals surface area contributed by atoms with Crippen LogP contribution in [0, 0.1) is 0 Å². The number of hydrogen-bond donors (Lipinski definition) is 1. The summed E-state index contributed by atoms with van der Waals surface area (Å²) in [4.78, 5) is 13.6. The minimum atomic E-state index is -0.176. The van der Waals surface area contributed by atoms with Gasteiger partial charge >= 0.3 is 0 Å². The van der Waals surface area contributed by atoms with Crippen molar-refractivity contribution < 1.29 is 9.53 Å². The van der Waals surface area contributed by atoms with Gasteiger partial charge in [-0.2, -0.15) is 0 Å². The zero-order valence-electron chi connectivity index (χ0n) is 7.74. The maximum Gasteiger partial charge on any atom is 0.251 e. The van der Waals surface area contributed by atoms with Gasteiger partial charge < -0.3 is 15.4 Å². The van der Waals surface area contributed by atoms with Crippen molar-refractivity contribution in [3.8, 4) is 0 Å². The molecule has 0 radical (unpaired) electrons. The van der Waals surface area contributed by atoms with E-state index in [1.165, 1.54) is 0 Å². The van der Waals surface area contributed by atoms with Gasteiger partial charge in [0.25, 0.3) is 5.91 Å². The minimum absolute atomic E-state index is 0.144. The fourth-order valence-corrected chi connectivity index (χ4v) is 1.96. The van der Waals surface area contributed by atoms with Gasteiger partial charge in [0, 0.05) is 25.7 Å². The van der Waals surface area contributed by atoms with Crippen molar-refractivity contribution in [2.24, 2.45) is 5.73 Å². The fourth-order valence-electron chi connectivity index (χ4n) is 1.96. The molecule has 0 spiro atoms. The molecule has 2 N–H and O–H groups in total. The molecule has 0 aromatic carbocycles. The van der Waals surface area contributed by atoms with Crippen LogP contribution < -0.4 is 5.73 Å². The molecule has 2 atom stereocenters. The van der Waals surface area contributed by atoms with Gasteiger partial charge in [-0.3, -0.25) is 4.79 Å². The van der Waals surface area contributed by atoms with Gasteiger partial charge in [0.05, 0.1) is 0 Å². The number of carbonyl (C=O) groups excluding carboxylic acids is 1. The van der Waals surface area contributed by atoms with E-state index in [4.69, 9.17) is 10.5 Å². The Labute approximate surface area is 78.0 Å². The summed E-state index contributed by atoms with van der Waals surface area (Å²) in [5.74, 6) is 0.144. The standard InChI is InChI=1S/C9H16N2O2/c10-7-3-4-11(6-7)9(12)8-2-1-5-13-8/h7-8H,1-6,10H2/t7-,8+/m0/s1. The summed E-state index contributed by atoms with van der Waals surface area (Å²) in [7, 11) is 0. The second kappa shape index (κ2) is 3.64. The van der Waals surface area contributed by atoms with Gasteiger partial charge in [-0.25, -0.2) is 0 Å². The predicted molar refractivity (Wildman–Crippen MR) is 48.1 cm³/mol. The zero-order valence-corrected chi connectivity index (χ0v) is 7.74. The minimum Gasteiger partial charge on any atom is -0.368 e. The zero-order chi connectivity index (χ0) is 9.26. The predicted octanol–water partition coefficient (Wildman–Crippen LogP) is -0.275. The number of ether oxygens (including phenoxy) is 1. The summed E-state index contributed by atoms with van der Waals surface area (Å²) in [6, 6.07) is 0.172. The Hall–Kier alpha value is -0.610. The van der Waals surface area contributed by atoms with Crippen LogP contribution in [0.2, 0.25) is 0 Å². The number of likely N-dealkylation sites (tertiary alicyclic amines) is 1. The van der Waals surface area contributed by atoms with E-state index >= 15 is 0 Å². The third kappa shape index (κ3) is 1.84. The lowest BCUT2D eigenvalue weighted by molar-refractivity contribution is -0.139. The average molecular weight is 184 g/mol. The number of nitrogens with two attached hydrogens (primary N) is 1. The van der Waals surface area contributed by atoms with Crippen LogP contribution in [0.3, 0.4) is 0 Å². The van der Waals surface area contributed by atoms with Crippen molar-refractivity contribution >= 4 is 5.91 Å². The quantitative estimate of drug-likeness (QED) is 0.610. The van der Waals surface area contributed by atoms with Crippen LogP contribution in [0.5, 0.6) is 0 Å². The lowest BCUT2D eigenvalue weighted by atomic mass is 10.2. The SMILES string of the molecule is N[C@H]1CCN(C(=O)[C@H]2CCCO2)C1. The summed E-state index contributed by atoms with van der Waals surface area (Å²) in [6.45, 7) is 2.24. The van der Waals surface area contributed by atoms with Crippen molar-refractivity contribution in [3.05, 3.63) is 0 Å². The number of nitrogens with zero attached hydrogens (tertiary/aromatic N) is 1. The van der Waals surface area contributed by atoms with Crippen LogP contribution in [0.25, 0.3) is 0 Å². The molecule has 0 aromatic heterocycles. The highest BCUT2D eigenvalue weighted by atomic mass is 16.5. The van der Waals surface area contributed by atoms with E-state index in [1.807, 2.05) is 4.90 Å². The molecule has 2 saturated heterocycles. The number of carbonyl (C=O) groups is 1. The molecule has 13 heavy (non-hydrogen) atoms. The Balaban J connectivity index is 1.89. The number of amides is 1. The molecule has 0 saturated carbocycles. The molecular formula is C9H16N2O2. The Kier molecular flexibility index (Phi) is 2.51. The Bertz CT molecular complexity index is 202. The second-order valence-corrected chi connectivity index (χ2v) is 3.83. The van der Waals surface area contributed by atoms with E-state index in [0.29, 0.717) is 6.54 Å². The molecule has 1 amide bonds. The molecule has 2 heterocycles. The summed E-state index contributed by atoms with van der Waals surface area (Å²) in [6.07, 6.45) is 2.64. The van der Waals surface area contributed by atoms with Gasteiger partial charge in [-0.1, -0.05) is 0 Å². The summed E-state index contributed by atoms with van der Waals surface area (Å²) in [5.41, 5.74) is 5.73. The first-order chi connectivity index (χ1) is 6.27. The highest BCUT2D eigenvalue weighted by Crippen LogP contribution is 2.17. The number of rotatable bonds is 1. The molecule has 4 nitrogen and oxygen atoms in total. The Morgan fingerprint density at radius 3 is 2.85 bits per heavy atom. The normalized spacial score (nSPS) is 34.1. The van der Waals surface area contributed by atoms with Crippen LogP contribution in [-0.2, 0) is 9.53 Å². The van der Waals surface area contributed by atoms with Crippen molar-refractivity contribution in [3.63, 3.8) is 0 Å². The molecule has 0 aromatic rings. The van der Waals surface area contributed by atoms with Crippen LogP contribution in [0.4, 0.5) is 0 Å². The van der Waals surface area contributed by atoms with Crippen molar-refractivity contribution in [2.75, 3.05) is 19.7 Å². The van der Waals surface area contributed by atoms with Crippen molar-refractivity contribution in [1.82, 2.24) is 4.90 Å². The van der Waals surface area contributed by atoms with Crippen molar-refractivity contribution in [1.29, 1.82) is 0 Å².